The highest BCUT2D eigenvalue weighted by Gasteiger charge is 2.30. The van der Waals surface area contributed by atoms with E-state index in [9.17, 15) is 9.59 Å². The van der Waals surface area contributed by atoms with Crippen molar-refractivity contribution in [3.8, 4) is 0 Å². The van der Waals surface area contributed by atoms with E-state index in [1.54, 1.807) is 0 Å². The Hall–Kier alpha value is -2.34. The van der Waals surface area contributed by atoms with E-state index < -0.39 is 0 Å². The monoisotopic (exact) mass is 397 g/mol. The SMILES string of the molecule is CCn1c(C(=O)NCC2(C)CCCO2)cc2cc(NC(=O)C3CCCC3)ccc21. The van der Waals surface area contributed by atoms with E-state index in [1.807, 2.05) is 35.8 Å². The second-order valence-corrected chi connectivity index (χ2v) is 8.60. The zero-order valence-electron chi connectivity index (χ0n) is 17.4. The molecule has 1 aliphatic heterocycles. The molecule has 6 heteroatoms. The van der Waals surface area contributed by atoms with Gasteiger partial charge in [-0.2, -0.15) is 0 Å². The highest BCUT2D eigenvalue weighted by atomic mass is 16.5. The summed E-state index contributed by atoms with van der Waals surface area (Å²) in [4.78, 5) is 25.3. The fraction of sp³-hybridized carbons (Fsp3) is 0.565. The molecule has 2 fully saturated rings. The zero-order valence-corrected chi connectivity index (χ0v) is 17.4. The summed E-state index contributed by atoms with van der Waals surface area (Å²) < 4.78 is 7.79. The smallest absolute Gasteiger partial charge is 0.268 e. The van der Waals surface area contributed by atoms with E-state index in [1.165, 1.54) is 0 Å². The number of benzene rings is 1. The van der Waals surface area contributed by atoms with Crippen LogP contribution in [0.5, 0.6) is 0 Å². The van der Waals surface area contributed by atoms with Gasteiger partial charge in [0.1, 0.15) is 5.69 Å². The standard InChI is InChI=1S/C23H31N3O3/c1-3-26-19-10-9-18(25-21(27)16-7-4-5-8-16)13-17(19)14-20(26)22(28)24-15-23(2)11-6-12-29-23/h9-10,13-14,16H,3-8,11-12,15H2,1-2H3,(H,24,28)(H,25,27). The van der Waals surface area contributed by atoms with Crippen LogP contribution in [0.2, 0.25) is 0 Å². The van der Waals surface area contributed by atoms with Crippen molar-refractivity contribution in [2.45, 2.75) is 64.5 Å². The Kier molecular flexibility index (Phi) is 5.63. The summed E-state index contributed by atoms with van der Waals surface area (Å²) in [5.74, 6) is 0.155. The quantitative estimate of drug-likeness (QED) is 0.771. The van der Waals surface area contributed by atoms with Gasteiger partial charge in [0, 0.05) is 42.2 Å². The lowest BCUT2D eigenvalue weighted by Gasteiger charge is -2.23. The van der Waals surface area contributed by atoms with Gasteiger partial charge in [0.25, 0.3) is 5.91 Å². The normalized spacial score (nSPS) is 22.3. The number of anilines is 1. The molecule has 1 aromatic heterocycles. The zero-order chi connectivity index (χ0) is 20.4. The first-order valence-electron chi connectivity index (χ1n) is 10.9. The molecule has 0 radical (unpaired) electrons. The van der Waals surface area contributed by atoms with E-state index in [2.05, 4.69) is 17.6 Å². The molecule has 4 rings (SSSR count). The number of fused-ring (bicyclic) bond motifs is 1. The van der Waals surface area contributed by atoms with Crippen LogP contribution in [-0.2, 0) is 16.1 Å². The van der Waals surface area contributed by atoms with Gasteiger partial charge in [-0.05, 0) is 63.8 Å². The summed E-state index contributed by atoms with van der Waals surface area (Å²) in [6.45, 7) is 6.06. The van der Waals surface area contributed by atoms with Crippen molar-refractivity contribution in [2.24, 2.45) is 5.92 Å². The predicted octanol–water partition coefficient (Wildman–Crippen LogP) is 4.09. The molecule has 6 nitrogen and oxygen atoms in total. The number of hydrogen-bond donors (Lipinski definition) is 2. The van der Waals surface area contributed by atoms with Crippen LogP contribution in [-0.4, -0.2) is 35.1 Å². The number of carbonyl (C=O) groups excluding carboxylic acids is 2. The summed E-state index contributed by atoms with van der Waals surface area (Å²) in [6, 6.07) is 7.79. The predicted molar refractivity (Wildman–Crippen MR) is 114 cm³/mol. The molecule has 1 unspecified atom stereocenters. The highest BCUT2D eigenvalue weighted by molar-refractivity contribution is 6.01. The first kappa shape index (κ1) is 20.0. The second-order valence-electron chi connectivity index (χ2n) is 8.60. The topological polar surface area (TPSA) is 72.4 Å². The molecule has 1 saturated heterocycles. The molecule has 29 heavy (non-hydrogen) atoms. The lowest BCUT2D eigenvalue weighted by Crippen LogP contribution is -2.40. The third-order valence-electron chi connectivity index (χ3n) is 6.37. The molecule has 2 aliphatic rings. The number of amides is 2. The number of nitrogens with one attached hydrogen (secondary N) is 2. The molecule has 2 heterocycles. The highest BCUT2D eigenvalue weighted by Crippen LogP contribution is 2.28. The van der Waals surface area contributed by atoms with Crippen molar-refractivity contribution in [1.82, 2.24) is 9.88 Å². The van der Waals surface area contributed by atoms with Crippen molar-refractivity contribution in [3.63, 3.8) is 0 Å². The minimum absolute atomic E-state index is 0.0867. The lowest BCUT2D eigenvalue weighted by molar-refractivity contribution is -0.119. The van der Waals surface area contributed by atoms with Gasteiger partial charge in [-0.1, -0.05) is 12.8 Å². The number of ether oxygens (including phenoxy) is 1. The Bertz CT molecular complexity index is 905. The maximum Gasteiger partial charge on any atom is 0.268 e. The molecule has 2 amide bonds. The van der Waals surface area contributed by atoms with Crippen LogP contribution in [0.4, 0.5) is 5.69 Å². The maximum atomic E-state index is 12.9. The van der Waals surface area contributed by atoms with E-state index in [0.717, 1.165) is 61.7 Å². The Morgan fingerprint density at radius 2 is 2.00 bits per heavy atom. The van der Waals surface area contributed by atoms with Crippen molar-refractivity contribution in [3.05, 3.63) is 30.0 Å². The molecular formula is C23H31N3O3. The summed E-state index contributed by atoms with van der Waals surface area (Å²) >= 11 is 0. The molecule has 2 aromatic rings. The number of hydrogen-bond acceptors (Lipinski definition) is 3. The van der Waals surface area contributed by atoms with Crippen LogP contribution in [0.15, 0.2) is 24.3 Å². The Morgan fingerprint density at radius 3 is 2.69 bits per heavy atom. The van der Waals surface area contributed by atoms with Gasteiger partial charge >= 0.3 is 0 Å². The number of carbonyl (C=O) groups is 2. The molecule has 0 spiro atoms. The summed E-state index contributed by atoms with van der Waals surface area (Å²) in [6.07, 6.45) is 6.24. The van der Waals surface area contributed by atoms with Gasteiger partial charge in [-0.15, -0.1) is 0 Å². The van der Waals surface area contributed by atoms with E-state index in [-0.39, 0.29) is 23.3 Å². The van der Waals surface area contributed by atoms with Crippen molar-refractivity contribution in [2.75, 3.05) is 18.5 Å². The fourth-order valence-electron chi connectivity index (χ4n) is 4.64. The first-order chi connectivity index (χ1) is 14.0. The van der Waals surface area contributed by atoms with Gasteiger partial charge in [0.2, 0.25) is 5.91 Å². The molecule has 1 aliphatic carbocycles. The van der Waals surface area contributed by atoms with Crippen molar-refractivity contribution < 1.29 is 14.3 Å². The summed E-state index contributed by atoms with van der Waals surface area (Å²) in [5, 5.41) is 7.06. The Morgan fingerprint density at radius 1 is 1.21 bits per heavy atom. The van der Waals surface area contributed by atoms with Crippen LogP contribution in [0.1, 0.15) is 62.9 Å². The van der Waals surface area contributed by atoms with Crippen LogP contribution in [0.3, 0.4) is 0 Å². The van der Waals surface area contributed by atoms with Crippen LogP contribution in [0, 0.1) is 5.92 Å². The largest absolute Gasteiger partial charge is 0.373 e. The Labute approximate surface area is 172 Å². The molecular weight excluding hydrogens is 366 g/mol. The minimum Gasteiger partial charge on any atom is -0.373 e. The molecule has 156 valence electrons. The fourth-order valence-corrected chi connectivity index (χ4v) is 4.64. The third-order valence-corrected chi connectivity index (χ3v) is 6.37. The summed E-state index contributed by atoms with van der Waals surface area (Å²) in [7, 11) is 0. The van der Waals surface area contributed by atoms with E-state index >= 15 is 0 Å². The van der Waals surface area contributed by atoms with Gasteiger partial charge in [-0.3, -0.25) is 9.59 Å². The number of nitrogens with zero attached hydrogens (tertiary/aromatic N) is 1. The Balaban J connectivity index is 1.51. The van der Waals surface area contributed by atoms with Crippen molar-refractivity contribution in [1.29, 1.82) is 0 Å². The lowest BCUT2D eigenvalue weighted by atomic mass is 10.0. The van der Waals surface area contributed by atoms with E-state index in [4.69, 9.17) is 4.74 Å². The molecule has 0 bridgehead atoms. The molecule has 1 aromatic carbocycles. The average molecular weight is 398 g/mol. The van der Waals surface area contributed by atoms with Crippen LogP contribution < -0.4 is 10.6 Å². The van der Waals surface area contributed by atoms with Gasteiger partial charge < -0.3 is 19.9 Å². The van der Waals surface area contributed by atoms with Gasteiger partial charge in [-0.25, -0.2) is 0 Å². The molecule has 1 saturated carbocycles. The van der Waals surface area contributed by atoms with Crippen LogP contribution >= 0.6 is 0 Å². The molecule has 2 N–H and O–H groups in total. The average Bonchev–Trinajstić information content (AvgIpc) is 3.45. The summed E-state index contributed by atoms with van der Waals surface area (Å²) in [5.41, 5.74) is 2.17. The minimum atomic E-state index is -0.267. The number of rotatable bonds is 6. The van der Waals surface area contributed by atoms with Gasteiger partial charge in [0.05, 0.1) is 5.60 Å². The second kappa shape index (κ2) is 8.19. The first-order valence-corrected chi connectivity index (χ1v) is 10.9. The van der Waals surface area contributed by atoms with E-state index in [0.29, 0.717) is 18.8 Å². The molecule has 1 atom stereocenters. The third kappa shape index (κ3) is 4.17. The number of aryl methyl sites for hydroxylation is 1. The maximum absolute atomic E-state index is 12.9. The van der Waals surface area contributed by atoms with Crippen LogP contribution in [0.25, 0.3) is 10.9 Å². The van der Waals surface area contributed by atoms with Crippen molar-refractivity contribution >= 4 is 28.4 Å². The van der Waals surface area contributed by atoms with Gasteiger partial charge in [0.15, 0.2) is 0 Å². The number of aromatic nitrogens is 1.